The molecule has 6 nitrogen and oxygen atoms in total. The Bertz CT molecular complexity index is 808. The summed E-state index contributed by atoms with van der Waals surface area (Å²) < 4.78 is 60.9. The van der Waals surface area contributed by atoms with Crippen molar-refractivity contribution in [3.8, 4) is 11.5 Å². The molecule has 0 fully saturated rings. The highest BCUT2D eigenvalue weighted by Crippen LogP contribution is 2.33. The molecule has 0 aliphatic heterocycles. The lowest BCUT2D eigenvalue weighted by Gasteiger charge is -2.16. The van der Waals surface area contributed by atoms with Crippen molar-refractivity contribution in [2.75, 3.05) is 14.2 Å². The number of hydrogen-bond donors (Lipinski definition) is 0. The van der Waals surface area contributed by atoms with E-state index < -0.39 is 19.1 Å². The van der Waals surface area contributed by atoms with Crippen LogP contribution in [0.1, 0.15) is 17.9 Å². The number of hydrogen-bond acceptors (Lipinski definition) is 4. The largest absolute Gasteiger partial charge is 0.493 e. The molecule has 0 N–H and O–H groups in total. The Kier molecular flexibility index (Phi) is 6.80. The molecule has 1 heterocycles. The number of carbonyl (C=O) groups is 1. The van der Waals surface area contributed by atoms with Crippen LogP contribution in [0.4, 0.5) is 17.6 Å². The average molecular weight is 387 g/mol. The molecule has 0 saturated heterocycles. The second-order valence-corrected chi connectivity index (χ2v) is 5.31. The fourth-order valence-corrected chi connectivity index (χ4v) is 2.26. The number of benzene rings is 1. The second kappa shape index (κ2) is 9.06. The number of methoxy groups -OCH3 is 1. The van der Waals surface area contributed by atoms with Crippen LogP contribution in [-0.4, -0.2) is 41.1 Å². The molecule has 0 bridgehead atoms. The van der Waals surface area contributed by atoms with Crippen LogP contribution in [-0.2, 0) is 11.3 Å². The van der Waals surface area contributed by atoms with E-state index in [0.717, 1.165) is 17.2 Å². The summed E-state index contributed by atoms with van der Waals surface area (Å²) in [5.74, 6) is -0.658. The van der Waals surface area contributed by atoms with Gasteiger partial charge in [-0.05, 0) is 12.1 Å². The molecule has 10 heteroatoms. The third kappa shape index (κ3) is 5.22. The maximum absolute atomic E-state index is 12.8. The number of likely N-dealkylation sites (N-methyl/N-ethyl adjacent to an activating group) is 1. The van der Waals surface area contributed by atoms with Crippen LogP contribution < -0.4 is 9.47 Å². The Labute approximate surface area is 152 Å². The second-order valence-electron chi connectivity index (χ2n) is 5.31. The van der Waals surface area contributed by atoms with Crippen LogP contribution in [0.15, 0.2) is 36.7 Å². The Hall–Kier alpha value is -3.04. The van der Waals surface area contributed by atoms with E-state index in [9.17, 15) is 22.4 Å². The van der Waals surface area contributed by atoms with Crippen molar-refractivity contribution in [2.45, 2.75) is 19.7 Å². The van der Waals surface area contributed by atoms with Gasteiger partial charge in [0.15, 0.2) is 11.5 Å². The lowest BCUT2D eigenvalue weighted by atomic mass is 10.1. The number of imidazole rings is 1. The van der Waals surface area contributed by atoms with Crippen LogP contribution in [0.5, 0.6) is 11.5 Å². The van der Waals surface area contributed by atoms with Gasteiger partial charge in [-0.25, -0.2) is 4.98 Å². The molecule has 27 heavy (non-hydrogen) atoms. The van der Waals surface area contributed by atoms with E-state index >= 15 is 0 Å². The summed E-state index contributed by atoms with van der Waals surface area (Å²) in [4.78, 5) is 17.2. The Morgan fingerprint density at radius 1 is 1.33 bits per heavy atom. The third-order valence-corrected chi connectivity index (χ3v) is 3.56. The predicted molar refractivity (Wildman–Crippen MR) is 88.6 cm³/mol. The molecule has 0 aliphatic carbocycles. The summed E-state index contributed by atoms with van der Waals surface area (Å²) in [6.07, 6.45) is 4.71. The van der Waals surface area contributed by atoms with E-state index in [1.807, 2.05) is 0 Å². The van der Waals surface area contributed by atoms with Gasteiger partial charge in [0.25, 0.3) is 0 Å². The lowest BCUT2D eigenvalue weighted by molar-refractivity contribution is -0.125. The maximum Gasteiger partial charge on any atom is 0.387 e. The first-order valence-electron chi connectivity index (χ1n) is 7.68. The summed E-state index contributed by atoms with van der Waals surface area (Å²) in [7, 11) is 2.70. The molecule has 146 valence electrons. The van der Waals surface area contributed by atoms with Crippen molar-refractivity contribution < 1.29 is 31.8 Å². The van der Waals surface area contributed by atoms with Crippen molar-refractivity contribution in [3.63, 3.8) is 0 Å². The molecule has 2 rings (SSSR count). The van der Waals surface area contributed by atoms with Crippen LogP contribution >= 0.6 is 0 Å². The Morgan fingerprint density at radius 2 is 2.07 bits per heavy atom. The molecule has 2 aromatic rings. The van der Waals surface area contributed by atoms with Gasteiger partial charge in [-0.3, -0.25) is 9.36 Å². The number of para-hydroxylation sites is 1. The van der Waals surface area contributed by atoms with E-state index in [-0.39, 0.29) is 29.4 Å². The molecule has 0 aliphatic rings. The molecule has 0 spiro atoms. The topological polar surface area (TPSA) is 56.6 Å². The van der Waals surface area contributed by atoms with Gasteiger partial charge in [0.1, 0.15) is 5.82 Å². The Morgan fingerprint density at radius 3 is 2.70 bits per heavy atom. The number of ether oxygens (including phenoxy) is 2. The van der Waals surface area contributed by atoms with Crippen LogP contribution in [0.2, 0.25) is 0 Å². The first-order valence-corrected chi connectivity index (χ1v) is 7.68. The number of nitrogens with zero attached hydrogens (tertiary/aromatic N) is 3. The first kappa shape index (κ1) is 20.3. The van der Waals surface area contributed by atoms with Crippen molar-refractivity contribution in [2.24, 2.45) is 0 Å². The minimum atomic E-state index is -3.07. The number of aromatic nitrogens is 2. The summed E-state index contributed by atoms with van der Waals surface area (Å²) >= 11 is 0. The van der Waals surface area contributed by atoms with E-state index in [2.05, 4.69) is 9.72 Å². The molecule has 0 atom stereocenters. The van der Waals surface area contributed by atoms with Gasteiger partial charge >= 0.3 is 13.2 Å². The van der Waals surface area contributed by atoms with Gasteiger partial charge in [0.2, 0.25) is 5.91 Å². The lowest BCUT2D eigenvalue weighted by Crippen LogP contribution is -2.26. The normalized spacial score (nSPS) is 11.4. The highest BCUT2D eigenvalue weighted by atomic mass is 19.3. The van der Waals surface area contributed by atoms with Gasteiger partial charge in [-0.15, -0.1) is 0 Å². The van der Waals surface area contributed by atoms with Crippen molar-refractivity contribution in [1.29, 1.82) is 0 Å². The van der Waals surface area contributed by atoms with E-state index in [1.54, 1.807) is 6.07 Å². The smallest absolute Gasteiger partial charge is 0.387 e. The monoisotopic (exact) mass is 387 g/mol. The molecule has 0 unspecified atom stereocenters. The number of halogens is 4. The zero-order valence-corrected chi connectivity index (χ0v) is 14.5. The quantitative estimate of drug-likeness (QED) is 0.513. The summed E-state index contributed by atoms with van der Waals surface area (Å²) in [5.41, 5.74) is 0.200. The summed E-state index contributed by atoms with van der Waals surface area (Å²) in [6.45, 7) is -5.99. The van der Waals surface area contributed by atoms with Gasteiger partial charge in [0, 0.05) is 31.1 Å². The minimum Gasteiger partial charge on any atom is -0.493 e. The van der Waals surface area contributed by atoms with Crippen molar-refractivity contribution in [3.05, 3.63) is 48.1 Å². The fraction of sp³-hybridized carbons (Fsp3) is 0.294. The molecule has 0 saturated carbocycles. The SMILES string of the molecule is COc1cccc(/C=C/C(=O)N(C)Cc2nccn2C(F)F)c1OC(F)F. The summed E-state index contributed by atoms with van der Waals surface area (Å²) in [5, 5.41) is 0. The van der Waals surface area contributed by atoms with Gasteiger partial charge in [-0.1, -0.05) is 12.1 Å². The third-order valence-electron chi connectivity index (χ3n) is 3.56. The zero-order chi connectivity index (χ0) is 20.0. The summed E-state index contributed by atoms with van der Waals surface area (Å²) in [6, 6.07) is 4.45. The van der Waals surface area contributed by atoms with Gasteiger partial charge in [0.05, 0.1) is 13.7 Å². The maximum atomic E-state index is 12.8. The van der Waals surface area contributed by atoms with E-state index in [1.165, 1.54) is 38.6 Å². The first-order chi connectivity index (χ1) is 12.8. The molecular formula is C17H17F4N3O3. The number of carbonyl (C=O) groups excluding carboxylic acids is 1. The molecule has 1 aromatic heterocycles. The van der Waals surface area contributed by atoms with Crippen LogP contribution in [0.25, 0.3) is 6.08 Å². The van der Waals surface area contributed by atoms with Crippen LogP contribution in [0, 0.1) is 0 Å². The standard InChI is InChI=1S/C17H17F4N3O3/c1-23(10-13-22-8-9-24(13)16(18)19)14(25)7-6-11-4-3-5-12(26-2)15(11)27-17(20)21/h3-9,16-17H,10H2,1-2H3/b7-6+. The number of rotatable bonds is 8. The van der Waals surface area contributed by atoms with Crippen LogP contribution in [0.3, 0.4) is 0 Å². The van der Waals surface area contributed by atoms with Gasteiger partial charge < -0.3 is 14.4 Å². The predicted octanol–water partition coefficient (Wildman–Crippen LogP) is 3.56. The van der Waals surface area contributed by atoms with Crippen molar-refractivity contribution >= 4 is 12.0 Å². The molecule has 0 radical (unpaired) electrons. The molecule has 1 aromatic carbocycles. The molecule has 1 amide bonds. The van der Waals surface area contributed by atoms with E-state index in [0.29, 0.717) is 4.57 Å². The minimum absolute atomic E-state index is 0.0114. The zero-order valence-electron chi connectivity index (χ0n) is 14.5. The Balaban J connectivity index is 2.15. The fourth-order valence-electron chi connectivity index (χ4n) is 2.26. The van der Waals surface area contributed by atoms with E-state index in [4.69, 9.17) is 4.74 Å². The number of alkyl halides is 4. The molecular weight excluding hydrogens is 370 g/mol. The number of amides is 1. The average Bonchev–Trinajstić information content (AvgIpc) is 3.08. The van der Waals surface area contributed by atoms with Gasteiger partial charge in [-0.2, -0.15) is 17.6 Å². The highest BCUT2D eigenvalue weighted by Gasteiger charge is 2.16. The highest BCUT2D eigenvalue weighted by molar-refractivity contribution is 5.92. The van der Waals surface area contributed by atoms with Crippen molar-refractivity contribution in [1.82, 2.24) is 14.5 Å².